The van der Waals surface area contributed by atoms with Crippen molar-refractivity contribution < 1.29 is 14.2 Å². The monoisotopic (exact) mass is 243 g/mol. The Balaban J connectivity index is 2.17. The van der Waals surface area contributed by atoms with Crippen LogP contribution >= 0.6 is 0 Å². The van der Waals surface area contributed by atoms with E-state index in [9.17, 15) is 0 Å². The molecule has 3 heteroatoms. The molecule has 3 nitrogen and oxygen atoms in total. The molecule has 0 amide bonds. The van der Waals surface area contributed by atoms with Crippen molar-refractivity contribution in [2.75, 3.05) is 14.2 Å². The molecule has 0 saturated heterocycles. The van der Waals surface area contributed by atoms with Crippen LogP contribution in [-0.2, 0) is 6.61 Å². The summed E-state index contributed by atoms with van der Waals surface area (Å²) >= 11 is 0. The normalized spacial score (nSPS) is 9.89. The highest BCUT2D eigenvalue weighted by Crippen LogP contribution is 2.36. The van der Waals surface area contributed by atoms with Gasteiger partial charge in [0.05, 0.1) is 14.2 Å². The molecule has 0 bridgehead atoms. The van der Waals surface area contributed by atoms with Crippen LogP contribution in [0.5, 0.6) is 17.2 Å². The maximum Gasteiger partial charge on any atom is 0.203 e. The van der Waals surface area contributed by atoms with Crippen molar-refractivity contribution in [3.05, 3.63) is 54.1 Å². The molecular formula is C15H15O3. The van der Waals surface area contributed by atoms with E-state index < -0.39 is 0 Å². The van der Waals surface area contributed by atoms with E-state index in [0.717, 1.165) is 5.56 Å². The van der Waals surface area contributed by atoms with Crippen LogP contribution in [0.25, 0.3) is 0 Å². The van der Waals surface area contributed by atoms with Crippen molar-refractivity contribution in [3.63, 3.8) is 0 Å². The molecule has 0 unspecified atom stereocenters. The zero-order valence-corrected chi connectivity index (χ0v) is 10.5. The second kappa shape index (κ2) is 5.96. The van der Waals surface area contributed by atoms with Crippen molar-refractivity contribution in [2.24, 2.45) is 0 Å². The summed E-state index contributed by atoms with van der Waals surface area (Å²) < 4.78 is 16.2. The van der Waals surface area contributed by atoms with Crippen LogP contribution in [0.4, 0.5) is 0 Å². The molecule has 0 spiro atoms. The molecule has 1 radical (unpaired) electrons. The molecule has 0 heterocycles. The highest BCUT2D eigenvalue weighted by molar-refractivity contribution is 5.50. The van der Waals surface area contributed by atoms with E-state index in [1.54, 1.807) is 26.4 Å². The topological polar surface area (TPSA) is 27.7 Å². The predicted molar refractivity (Wildman–Crippen MR) is 69.2 cm³/mol. The molecule has 2 rings (SSSR count). The van der Waals surface area contributed by atoms with Crippen LogP contribution in [0.3, 0.4) is 0 Å². The van der Waals surface area contributed by atoms with Gasteiger partial charge >= 0.3 is 0 Å². The molecule has 0 N–H and O–H groups in total. The summed E-state index contributed by atoms with van der Waals surface area (Å²) in [7, 11) is 3.19. The maximum absolute atomic E-state index is 5.77. The summed E-state index contributed by atoms with van der Waals surface area (Å²) in [5, 5.41) is 0. The second-order valence-corrected chi connectivity index (χ2v) is 3.70. The molecular weight excluding hydrogens is 228 g/mol. The smallest absolute Gasteiger partial charge is 0.203 e. The van der Waals surface area contributed by atoms with Crippen LogP contribution in [0.15, 0.2) is 42.5 Å². The Morgan fingerprint density at radius 1 is 0.944 bits per heavy atom. The molecule has 93 valence electrons. The van der Waals surface area contributed by atoms with Crippen LogP contribution in [0.1, 0.15) is 5.56 Å². The molecule has 0 aliphatic heterocycles. The lowest BCUT2D eigenvalue weighted by molar-refractivity contribution is 0.266. The van der Waals surface area contributed by atoms with Crippen LogP contribution in [0.2, 0.25) is 0 Å². The Morgan fingerprint density at radius 2 is 1.56 bits per heavy atom. The lowest BCUT2D eigenvalue weighted by Crippen LogP contribution is -1.99. The largest absolute Gasteiger partial charge is 0.493 e. The molecule has 0 aliphatic rings. The van der Waals surface area contributed by atoms with Gasteiger partial charge in [-0.05, 0) is 23.8 Å². The summed E-state index contributed by atoms with van der Waals surface area (Å²) in [4.78, 5) is 0. The highest BCUT2D eigenvalue weighted by atomic mass is 16.5. The Kier molecular flexibility index (Phi) is 4.07. The molecule has 18 heavy (non-hydrogen) atoms. The van der Waals surface area contributed by atoms with Gasteiger partial charge in [-0.3, -0.25) is 0 Å². The Hall–Kier alpha value is -2.16. The zero-order chi connectivity index (χ0) is 12.8. The van der Waals surface area contributed by atoms with Crippen molar-refractivity contribution in [2.45, 2.75) is 6.61 Å². The fourth-order valence-corrected chi connectivity index (χ4v) is 1.62. The third-order valence-electron chi connectivity index (χ3n) is 2.54. The lowest BCUT2D eigenvalue weighted by atomic mass is 10.2. The molecule has 0 saturated carbocycles. The third kappa shape index (κ3) is 2.74. The Morgan fingerprint density at radius 3 is 2.11 bits per heavy atom. The molecule has 0 fully saturated rings. The van der Waals surface area contributed by atoms with Gasteiger partial charge in [-0.15, -0.1) is 0 Å². The van der Waals surface area contributed by atoms with Gasteiger partial charge in [0, 0.05) is 0 Å². The average molecular weight is 243 g/mol. The quantitative estimate of drug-likeness (QED) is 0.807. The van der Waals surface area contributed by atoms with Crippen molar-refractivity contribution >= 4 is 0 Å². The molecule has 0 aliphatic carbocycles. The van der Waals surface area contributed by atoms with Crippen molar-refractivity contribution in [3.8, 4) is 17.2 Å². The van der Waals surface area contributed by atoms with Gasteiger partial charge in [0.2, 0.25) is 5.75 Å². The van der Waals surface area contributed by atoms with Gasteiger partial charge in [0.1, 0.15) is 6.61 Å². The first kappa shape index (κ1) is 12.3. The Labute approximate surface area is 107 Å². The first-order valence-corrected chi connectivity index (χ1v) is 5.64. The van der Waals surface area contributed by atoms with Crippen molar-refractivity contribution in [1.82, 2.24) is 0 Å². The van der Waals surface area contributed by atoms with Gasteiger partial charge in [-0.2, -0.15) is 0 Å². The summed E-state index contributed by atoms with van der Waals surface area (Å²) in [6.07, 6.45) is 0. The summed E-state index contributed by atoms with van der Waals surface area (Å²) in [5.41, 5.74) is 1.09. The van der Waals surface area contributed by atoms with E-state index in [2.05, 4.69) is 6.07 Å². The first-order valence-electron chi connectivity index (χ1n) is 5.64. The third-order valence-corrected chi connectivity index (χ3v) is 2.54. The maximum atomic E-state index is 5.77. The molecule has 0 aromatic heterocycles. The minimum absolute atomic E-state index is 0.470. The number of ether oxygens (including phenoxy) is 3. The predicted octanol–water partition coefficient (Wildman–Crippen LogP) is 3.08. The zero-order valence-electron chi connectivity index (χ0n) is 10.5. The van der Waals surface area contributed by atoms with Gasteiger partial charge in [-0.1, -0.05) is 30.3 Å². The standard InChI is InChI=1S/C15H15O3/c1-16-13-9-6-10-14(17-2)15(13)18-11-12-7-4-3-5-8-12/h3-5,7-10H,11H2,1-2H3. The van der Waals surface area contributed by atoms with E-state index in [4.69, 9.17) is 14.2 Å². The average Bonchev–Trinajstić information content (AvgIpc) is 2.45. The van der Waals surface area contributed by atoms with E-state index in [1.165, 1.54) is 0 Å². The molecule has 0 atom stereocenters. The van der Waals surface area contributed by atoms with Gasteiger partial charge in [0.15, 0.2) is 11.5 Å². The second-order valence-electron chi connectivity index (χ2n) is 3.70. The van der Waals surface area contributed by atoms with E-state index in [1.807, 2.05) is 30.3 Å². The van der Waals surface area contributed by atoms with Crippen LogP contribution < -0.4 is 14.2 Å². The number of benzene rings is 2. The van der Waals surface area contributed by atoms with Crippen LogP contribution in [0, 0.1) is 6.07 Å². The van der Waals surface area contributed by atoms with E-state index in [0.29, 0.717) is 23.9 Å². The summed E-state index contributed by atoms with van der Waals surface area (Å²) in [6.45, 7) is 0.470. The lowest BCUT2D eigenvalue weighted by Gasteiger charge is -2.13. The van der Waals surface area contributed by atoms with Crippen molar-refractivity contribution in [1.29, 1.82) is 0 Å². The number of hydrogen-bond acceptors (Lipinski definition) is 3. The molecule has 2 aromatic carbocycles. The fraction of sp³-hybridized carbons (Fsp3) is 0.200. The SMILES string of the molecule is COc1c[c]cc(OC)c1OCc1ccccc1. The van der Waals surface area contributed by atoms with E-state index >= 15 is 0 Å². The van der Waals surface area contributed by atoms with Gasteiger partial charge in [0.25, 0.3) is 0 Å². The molecule has 2 aromatic rings. The Bertz CT molecular complexity index is 472. The van der Waals surface area contributed by atoms with Gasteiger partial charge in [-0.25, -0.2) is 0 Å². The first-order chi connectivity index (χ1) is 8.85. The number of methoxy groups -OCH3 is 2. The summed E-state index contributed by atoms with van der Waals surface area (Å²) in [6, 6.07) is 16.3. The number of hydrogen-bond donors (Lipinski definition) is 0. The highest BCUT2D eigenvalue weighted by Gasteiger charge is 2.11. The van der Waals surface area contributed by atoms with Crippen LogP contribution in [-0.4, -0.2) is 14.2 Å². The van der Waals surface area contributed by atoms with Gasteiger partial charge < -0.3 is 14.2 Å². The minimum Gasteiger partial charge on any atom is -0.493 e. The minimum atomic E-state index is 0.470. The fourth-order valence-electron chi connectivity index (χ4n) is 1.62. The number of rotatable bonds is 5. The van der Waals surface area contributed by atoms with E-state index in [-0.39, 0.29) is 0 Å². The summed E-state index contributed by atoms with van der Waals surface area (Å²) in [5.74, 6) is 1.83.